The summed E-state index contributed by atoms with van der Waals surface area (Å²) in [6, 6.07) is 0. The molecule has 2 rings (SSSR count). The number of carbonyl (C=O) groups excluding carboxylic acids is 1. The molecule has 0 radical (unpaired) electrons. The number of hydrogen-bond donors (Lipinski definition) is 0. The van der Waals surface area contributed by atoms with E-state index < -0.39 is 11.8 Å². The van der Waals surface area contributed by atoms with Gasteiger partial charge in [0.05, 0.1) is 6.61 Å². The van der Waals surface area contributed by atoms with Crippen molar-refractivity contribution in [3.63, 3.8) is 0 Å². The lowest BCUT2D eigenvalue weighted by Crippen LogP contribution is -2.44. The SMILES string of the molecule is CC(=O)[C@@H]1C[C@@]2(N=[N+]=[N-])CCCON2O1. The Bertz CT molecular complexity index is 328. The number of azide groups is 1. The maximum absolute atomic E-state index is 11.2. The third-order valence-corrected chi connectivity index (χ3v) is 2.69. The summed E-state index contributed by atoms with van der Waals surface area (Å²) in [5, 5.41) is 4.91. The average Bonchev–Trinajstić information content (AvgIpc) is 2.57. The van der Waals surface area contributed by atoms with Gasteiger partial charge in [0.2, 0.25) is 0 Å². The Kier molecular flexibility index (Phi) is 2.62. The van der Waals surface area contributed by atoms with Crippen LogP contribution in [0.5, 0.6) is 0 Å². The molecule has 0 aromatic rings. The van der Waals surface area contributed by atoms with Crippen LogP contribution in [0.15, 0.2) is 5.11 Å². The van der Waals surface area contributed by atoms with Gasteiger partial charge in [0.25, 0.3) is 0 Å². The molecule has 7 nitrogen and oxygen atoms in total. The summed E-state index contributed by atoms with van der Waals surface area (Å²) >= 11 is 0. The standard InChI is InChI=1S/C8H12N4O3/c1-6(13)7-5-8(10-11-9)3-2-4-14-12(8)15-7/h7H,2-5H2,1H3/t7-,8+/m0/s1. The summed E-state index contributed by atoms with van der Waals surface area (Å²) in [5.41, 5.74) is 7.69. The molecular formula is C8H12N4O3. The first-order valence-electron chi connectivity index (χ1n) is 4.84. The van der Waals surface area contributed by atoms with Crippen LogP contribution in [-0.4, -0.2) is 29.4 Å². The van der Waals surface area contributed by atoms with Crippen LogP contribution in [0.4, 0.5) is 0 Å². The number of nitrogens with zero attached hydrogens (tertiary/aromatic N) is 4. The van der Waals surface area contributed by atoms with Crippen LogP contribution in [0.25, 0.3) is 10.4 Å². The van der Waals surface area contributed by atoms with Gasteiger partial charge in [-0.15, -0.1) is 0 Å². The van der Waals surface area contributed by atoms with Crippen LogP contribution >= 0.6 is 0 Å². The summed E-state index contributed by atoms with van der Waals surface area (Å²) in [7, 11) is 0. The third-order valence-electron chi connectivity index (χ3n) is 2.69. The van der Waals surface area contributed by atoms with Crippen molar-refractivity contribution in [3.05, 3.63) is 10.4 Å². The quantitative estimate of drug-likeness (QED) is 0.392. The lowest BCUT2D eigenvalue weighted by molar-refractivity contribution is -0.400. The largest absolute Gasteiger partial charge is 0.297 e. The number of Topliss-reactive ketones (excluding diaryl/α,β-unsaturated/α-hetero) is 1. The maximum Gasteiger partial charge on any atom is 0.160 e. The van der Waals surface area contributed by atoms with E-state index in [4.69, 9.17) is 15.2 Å². The topological polar surface area (TPSA) is 87.5 Å². The van der Waals surface area contributed by atoms with E-state index in [0.29, 0.717) is 19.4 Å². The van der Waals surface area contributed by atoms with Crippen molar-refractivity contribution in [2.24, 2.45) is 5.11 Å². The smallest absolute Gasteiger partial charge is 0.160 e. The van der Waals surface area contributed by atoms with E-state index in [1.807, 2.05) is 0 Å². The highest BCUT2D eigenvalue weighted by atomic mass is 17.0. The van der Waals surface area contributed by atoms with Crippen molar-refractivity contribution >= 4 is 5.78 Å². The number of ketones is 1. The molecule has 15 heavy (non-hydrogen) atoms. The number of rotatable bonds is 2. The van der Waals surface area contributed by atoms with Crippen LogP contribution in [0.1, 0.15) is 26.2 Å². The van der Waals surface area contributed by atoms with E-state index in [9.17, 15) is 4.79 Å². The van der Waals surface area contributed by atoms with Crippen molar-refractivity contribution in [1.29, 1.82) is 0 Å². The van der Waals surface area contributed by atoms with Crippen LogP contribution in [-0.2, 0) is 14.5 Å². The van der Waals surface area contributed by atoms with Gasteiger partial charge >= 0.3 is 0 Å². The maximum atomic E-state index is 11.2. The lowest BCUT2D eigenvalue weighted by Gasteiger charge is -2.34. The molecule has 2 aliphatic rings. The molecule has 2 heterocycles. The number of carbonyl (C=O) groups is 1. The zero-order valence-corrected chi connectivity index (χ0v) is 8.42. The van der Waals surface area contributed by atoms with E-state index >= 15 is 0 Å². The number of hydroxylamine groups is 2. The van der Waals surface area contributed by atoms with E-state index in [1.165, 1.54) is 12.2 Å². The molecule has 2 fully saturated rings. The fourth-order valence-electron chi connectivity index (χ4n) is 1.90. The van der Waals surface area contributed by atoms with Crippen molar-refractivity contribution in [3.8, 4) is 0 Å². The molecule has 0 unspecified atom stereocenters. The molecule has 7 heteroatoms. The summed E-state index contributed by atoms with van der Waals surface area (Å²) in [5.74, 6) is -0.0829. The summed E-state index contributed by atoms with van der Waals surface area (Å²) in [6.45, 7) is 1.97. The second-order valence-corrected chi connectivity index (χ2v) is 3.77. The van der Waals surface area contributed by atoms with Crippen LogP contribution in [0, 0.1) is 0 Å². The molecule has 0 spiro atoms. The Morgan fingerprint density at radius 2 is 2.53 bits per heavy atom. The van der Waals surface area contributed by atoms with Crippen molar-refractivity contribution < 1.29 is 14.5 Å². The van der Waals surface area contributed by atoms with Gasteiger partial charge in [0.1, 0.15) is 6.10 Å². The van der Waals surface area contributed by atoms with E-state index in [0.717, 1.165) is 6.42 Å². The van der Waals surface area contributed by atoms with Gasteiger partial charge in [-0.2, -0.15) is 0 Å². The first kappa shape index (κ1) is 10.4. The molecule has 2 atom stereocenters. The summed E-state index contributed by atoms with van der Waals surface area (Å²) in [4.78, 5) is 24.5. The summed E-state index contributed by atoms with van der Waals surface area (Å²) in [6.07, 6.45) is 1.25. The van der Waals surface area contributed by atoms with Crippen molar-refractivity contribution in [2.45, 2.75) is 38.0 Å². The molecule has 82 valence electrons. The third kappa shape index (κ3) is 1.70. The van der Waals surface area contributed by atoms with E-state index in [1.54, 1.807) is 0 Å². The first-order chi connectivity index (χ1) is 7.18. The van der Waals surface area contributed by atoms with Crippen molar-refractivity contribution in [1.82, 2.24) is 5.23 Å². The molecule has 0 saturated carbocycles. The Balaban J connectivity index is 2.24. The molecular weight excluding hydrogens is 200 g/mol. The fraction of sp³-hybridized carbons (Fsp3) is 0.875. The highest BCUT2D eigenvalue weighted by Gasteiger charge is 2.51. The van der Waals surface area contributed by atoms with Crippen LogP contribution < -0.4 is 0 Å². The number of fused-ring (bicyclic) bond motifs is 1. The Morgan fingerprint density at radius 1 is 1.73 bits per heavy atom. The fourth-order valence-corrected chi connectivity index (χ4v) is 1.90. The molecule has 2 aliphatic heterocycles. The summed E-state index contributed by atoms with van der Waals surface area (Å²) < 4.78 is 0. The minimum atomic E-state index is -0.830. The zero-order valence-electron chi connectivity index (χ0n) is 8.42. The van der Waals surface area contributed by atoms with Gasteiger partial charge in [-0.3, -0.25) is 14.5 Å². The van der Waals surface area contributed by atoms with Crippen LogP contribution in [0.2, 0.25) is 0 Å². The number of hydrogen-bond acceptors (Lipinski definition) is 5. The van der Waals surface area contributed by atoms with Crippen molar-refractivity contribution in [2.75, 3.05) is 6.61 Å². The van der Waals surface area contributed by atoms with Gasteiger partial charge in [-0.05, 0) is 25.3 Å². The molecule has 0 aromatic carbocycles. The molecule has 0 amide bonds. The van der Waals surface area contributed by atoms with E-state index in [2.05, 4.69) is 10.0 Å². The molecule has 2 saturated heterocycles. The van der Waals surface area contributed by atoms with Gasteiger partial charge in [-0.1, -0.05) is 10.3 Å². The highest BCUT2D eigenvalue weighted by Crippen LogP contribution is 2.40. The molecule has 0 aromatic heterocycles. The average molecular weight is 212 g/mol. The minimum Gasteiger partial charge on any atom is -0.297 e. The first-order valence-corrected chi connectivity index (χ1v) is 4.84. The Hall–Kier alpha value is -1.14. The normalized spacial score (nSPS) is 35.7. The monoisotopic (exact) mass is 212 g/mol. The predicted octanol–water partition coefficient (Wildman–Crippen LogP) is 1.31. The van der Waals surface area contributed by atoms with Crippen LogP contribution in [0.3, 0.4) is 0 Å². The second kappa shape index (κ2) is 3.79. The van der Waals surface area contributed by atoms with Gasteiger partial charge in [0, 0.05) is 11.3 Å². The second-order valence-electron chi connectivity index (χ2n) is 3.77. The Morgan fingerprint density at radius 3 is 3.20 bits per heavy atom. The minimum absolute atomic E-state index is 0.0829. The van der Waals surface area contributed by atoms with Gasteiger partial charge < -0.3 is 0 Å². The van der Waals surface area contributed by atoms with E-state index in [-0.39, 0.29) is 5.78 Å². The molecule has 0 bridgehead atoms. The lowest BCUT2D eigenvalue weighted by atomic mass is 9.97. The van der Waals surface area contributed by atoms with Gasteiger partial charge in [0.15, 0.2) is 11.4 Å². The van der Waals surface area contributed by atoms with Gasteiger partial charge in [-0.25, -0.2) is 0 Å². The molecule has 0 aliphatic carbocycles. The molecule has 0 N–H and O–H groups in total. The highest BCUT2D eigenvalue weighted by molar-refractivity contribution is 5.80. The Labute approximate surface area is 86.5 Å². The zero-order chi connectivity index (χ0) is 10.9. The predicted molar refractivity (Wildman–Crippen MR) is 49.1 cm³/mol.